The number of hydrazone groups is 1. The van der Waals surface area contributed by atoms with Crippen LogP contribution in [-0.2, 0) is 0 Å². The van der Waals surface area contributed by atoms with Crippen molar-refractivity contribution in [3.05, 3.63) is 64.2 Å². The topological polar surface area (TPSA) is 131 Å². The number of hydrogen-bond donors (Lipinski definition) is 2. The van der Waals surface area contributed by atoms with Gasteiger partial charge in [-0.05, 0) is 29.8 Å². The van der Waals surface area contributed by atoms with Gasteiger partial charge in [0.05, 0.1) is 11.1 Å². The lowest BCUT2D eigenvalue weighted by Crippen LogP contribution is -2.46. The Morgan fingerprint density at radius 1 is 0.947 bits per heavy atom. The molecule has 2 aromatic carbocycles. The summed E-state index contributed by atoms with van der Waals surface area (Å²) >= 11 is 0. The lowest BCUT2D eigenvalue weighted by atomic mass is 10.2. The first-order valence-electron chi connectivity index (χ1n) is 10.4. The van der Waals surface area contributed by atoms with Crippen molar-refractivity contribution in [2.75, 3.05) is 29.7 Å². The van der Waals surface area contributed by atoms with Crippen LogP contribution in [0.4, 0.5) is 55.3 Å². The van der Waals surface area contributed by atoms with Crippen LogP contribution in [0.2, 0.25) is 0 Å². The van der Waals surface area contributed by atoms with E-state index in [0.717, 1.165) is 17.8 Å². The number of benzene rings is 2. The lowest BCUT2D eigenvalue weighted by molar-refractivity contribution is -0.384. The van der Waals surface area contributed by atoms with Gasteiger partial charge in [0, 0.05) is 37.6 Å². The number of anilines is 4. The van der Waals surface area contributed by atoms with Crippen molar-refractivity contribution in [2.24, 2.45) is 5.10 Å². The van der Waals surface area contributed by atoms with E-state index >= 15 is 0 Å². The first-order valence-corrected chi connectivity index (χ1v) is 10.4. The van der Waals surface area contributed by atoms with Crippen LogP contribution in [0.25, 0.3) is 0 Å². The van der Waals surface area contributed by atoms with E-state index in [-0.39, 0.29) is 11.4 Å². The Morgan fingerprint density at radius 3 is 2.05 bits per heavy atom. The van der Waals surface area contributed by atoms with Crippen molar-refractivity contribution in [3.63, 3.8) is 0 Å². The summed E-state index contributed by atoms with van der Waals surface area (Å²) in [6.07, 6.45) is -14.5. The summed E-state index contributed by atoms with van der Waals surface area (Å²) in [7, 11) is 3.69. The van der Waals surface area contributed by atoms with Crippen molar-refractivity contribution in [1.29, 1.82) is 0 Å². The van der Waals surface area contributed by atoms with E-state index in [2.05, 4.69) is 35.5 Å². The number of nitro benzene ring substituents is 1. The third kappa shape index (κ3) is 7.65. The van der Waals surface area contributed by atoms with Crippen LogP contribution in [0, 0.1) is 10.1 Å². The van der Waals surface area contributed by atoms with Gasteiger partial charge in [0.1, 0.15) is 0 Å². The molecule has 0 bridgehead atoms. The minimum atomic E-state index is -5.82. The Labute approximate surface area is 210 Å². The zero-order valence-electron chi connectivity index (χ0n) is 19.4. The number of aromatic nitrogens is 3. The summed E-state index contributed by atoms with van der Waals surface area (Å²) in [6, 6.07) is 10.3. The Balaban J connectivity index is 1.89. The number of nitro groups is 1. The molecular weight excluding hydrogens is 526 g/mol. The third-order valence-corrected chi connectivity index (χ3v) is 4.55. The zero-order chi connectivity index (χ0) is 28.1. The third-order valence-electron chi connectivity index (χ3n) is 4.55. The number of halogens is 6. The Kier molecular flexibility index (Phi) is 8.17. The minimum absolute atomic E-state index is 0.131. The summed E-state index contributed by atoms with van der Waals surface area (Å²) < 4.78 is 82.0. The highest BCUT2D eigenvalue weighted by molar-refractivity contribution is 5.80. The number of rotatable bonds is 9. The van der Waals surface area contributed by atoms with Gasteiger partial charge < -0.3 is 15.0 Å². The quantitative estimate of drug-likeness (QED) is 0.167. The predicted octanol–water partition coefficient (Wildman–Crippen LogP) is 4.91. The van der Waals surface area contributed by atoms with E-state index in [9.17, 15) is 36.5 Å². The van der Waals surface area contributed by atoms with E-state index in [1.165, 1.54) is 18.3 Å². The van der Waals surface area contributed by atoms with Gasteiger partial charge in [0.2, 0.25) is 5.95 Å². The summed E-state index contributed by atoms with van der Waals surface area (Å²) in [5.74, 6) is -1.08. The van der Waals surface area contributed by atoms with Gasteiger partial charge in [-0.15, -0.1) is 0 Å². The first-order chi connectivity index (χ1) is 17.7. The van der Waals surface area contributed by atoms with Crippen LogP contribution in [0.15, 0.2) is 53.6 Å². The second-order valence-corrected chi connectivity index (χ2v) is 7.63. The molecule has 0 fully saturated rings. The maximum Gasteiger partial charge on any atom is 0.434 e. The monoisotopic (exact) mass is 544 g/mol. The van der Waals surface area contributed by atoms with Gasteiger partial charge >= 0.3 is 18.4 Å². The molecule has 0 saturated carbocycles. The second-order valence-electron chi connectivity index (χ2n) is 7.63. The number of nitrogens with zero attached hydrogens (tertiary/aromatic N) is 6. The van der Waals surface area contributed by atoms with Crippen LogP contribution < -0.4 is 20.4 Å². The maximum absolute atomic E-state index is 13.0. The van der Waals surface area contributed by atoms with E-state index in [1.807, 2.05) is 19.0 Å². The first kappa shape index (κ1) is 27.9. The molecule has 0 aliphatic rings. The summed E-state index contributed by atoms with van der Waals surface area (Å²) in [4.78, 5) is 22.7. The summed E-state index contributed by atoms with van der Waals surface area (Å²) in [5, 5.41) is 17.1. The van der Waals surface area contributed by atoms with Gasteiger partial charge in [-0.1, -0.05) is 12.1 Å². The van der Waals surface area contributed by atoms with Crippen LogP contribution in [0.5, 0.6) is 6.01 Å². The lowest BCUT2D eigenvalue weighted by Gasteiger charge is -2.22. The van der Waals surface area contributed by atoms with E-state index < -0.39 is 41.3 Å². The molecular formula is C21H18F6N8O3. The van der Waals surface area contributed by atoms with Crippen molar-refractivity contribution in [2.45, 2.75) is 18.5 Å². The van der Waals surface area contributed by atoms with Crippen LogP contribution >= 0.6 is 0 Å². The SMILES string of the molecule is CN(C)c1ccc(C=NNc2nc(Nc3ccc([N+](=O)[O-])cc3)nc(OC(C(F)(F)F)C(F)(F)F)n2)cc1. The molecule has 0 saturated heterocycles. The van der Waals surface area contributed by atoms with E-state index in [0.29, 0.717) is 5.56 Å². The van der Waals surface area contributed by atoms with Gasteiger partial charge in [-0.2, -0.15) is 46.4 Å². The molecule has 0 aliphatic carbocycles. The molecule has 202 valence electrons. The average Bonchev–Trinajstić information content (AvgIpc) is 2.82. The van der Waals surface area contributed by atoms with Crippen molar-refractivity contribution in [3.8, 4) is 6.01 Å². The van der Waals surface area contributed by atoms with Gasteiger partial charge in [0.15, 0.2) is 0 Å². The van der Waals surface area contributed by atoms with E-state index in [1.54, 1.807) is 24.3 Å². The highest BCUT2D eigenvalue weighted by Crippen LogP contribution is 2.36. The summed E-state index contributed by atoms with van der Waals surface area (Å²) in [5.41, 5.74) is 3.67. The molecule has 0 aliphatic heterocycles. The fourth-order valence-electron chi connectivity index (χ4n) is 2.76. The molecule has 0 atom stereocenters. The molecule has 2 N–H and O–H groups in total. The van der Waals surface area contributed by atoms with Crippen LogP contribution in [0.3, 0.4) is 0 Å². The van der Waals surface area contributed by atoms with Crippen molar-refractivity contribution in [1.82, 2.24) is 15.0 Å². The fraction of sp³-hybridized carbons (Fsp3) is 0.238. The molecule has 11 nitrogen and oxygen atoms in total. The van der Waals surface area contributed by atoms with Crippen LogP contribution in [0.1, 0.15) is 5.56 Å². The number of nitrogens with one attached hydrogen (secondary N) is 2. The number of ether oxygens (including phenoxy) is 1. The predicted molar refractivity (Wildman–Crippen MR) is 125 cm³/mol. The maximum atomic E-state index is 13.0. The zero-order valence-corrected chi connectivity index (χ0v) is 19.4. The van der Waals surface area contributed by atoms with Crippen molar-refractivity contribution < 1.29 is 36.0 Å². The molecule has 1 aromatic heterocycles. The highest BCUT2D eigenvalue weighted by atomic mass is 19.4. The van der Waals surface area contributed by atoms with Crippen molar-refractivity contribution >= 4 is 35.2 Å². The fourth-order valence-corrected chi connectivity index (χ4v) is 2.76. The Morgan fingerprint density at radius 2 is 1.53 bits per heavy atom. The van der Waals surface area contributed by atoms with Gasteiger partial charge in [-0.3, -0.25) is 10.1 Å². The molecule has 3 rings (SSSR count). The second kappa shape index (κ2) is 11.1. The molecule has 0 unspecified atom stereocenters. The molecule has 3 aromatic rings. The number of non-ortho nitro benzene ring substituents is 1. The molecule has 38 heavy (non-hydrogen) atoms. The van der Waals surface area contributed by atoms with E-state index in [4.69, 9.17) is 0 Å². The largest absolute Gasteiger partial charge is 0.440 e. The summed E-state index contributed by atoms with van der Waals surface area (Å²) in [6.45, 7) is 0. The highest BCUT2D eigenvalue weighted by Gasteiger charge is 2.59. The smallest absolute Gasteiger partial charge is 0.434 e. The Bertz CT molecular complexity index is 1270. The number of alkyl halides is 6. The normalized spacial score (nSPS) is 12.0. The molecule has 0 spiro atoms. The molecule has 17 heteroatoms. The minimum Gasteiger partial charge on any atom is -0.440 e. The molecule has 1 heterocycles. The number of hydrogen-bond acceptors (Lipinski definition) is 10. The van der Waals surface area contributed by atoms with Gasteiger partial charge in [0.25, 0.3) is 17.7 Å². The Hall–Kier alpha value is -4.70. The molecule has 0 amide bonds. The standard InChI is InChI=1S/C21H18F6N8O3/c1-34(2)14-7-3-12(4-8-14)11-28-33-18-30-17(29-13-5-9-15(10-6-13)35(36)37)31-19(32-18)38-16(20(22,23)24)21(25,26)27/h3-11,16H,1-2H3,(H2,29,30,31,32,33). The average molecular weight is 544 g/mol. The van der Waals surface area contributed by atoms with Gasteiger partial charge in [-0.25, -0.2) is 5.43 Å². The molecule has 0 radical (unpaired) electrons. The van der Waals surface area contributed by atoms with Crippen LogP contribution in [-0.4, -0.2) is 58.6 Å².